The second kappa shape index (κ2) is 4.72. The molecule has 0 aromatic heterocycles. The van der Waals surface area contributed by atoms with Gasteiger partial charge in [-0.05, 0) is 18.6 Å². The third kappa shape index (κ3) is 2.46. The van der Waals surface area contributed by atoms with Gasteiger partial charge < -0.3 is 15.2 Å². The number of phenolic OH excluding ortho intramolecular Hbond substituents is 1. The van der Waals surface area contributed by atoms with E-state index in [0.29, 0.717) is 18.9 Å². The van der Waals surface area contributed by atoms with Crippen molar-refractivity contribution in [3.63, 3.8) is 0 Å². The SMILES string of the molecule is O=C(Nc1ccc(Cl)c(O)c1)C1CCOC1. The van der Waals surface area contributed by atoms with Crippen molar-refractivity contribution < 1.29 is 14.6 Å². The number of ether oxygens (including phenoxy) is 1. The number of halogens is 1. The molecule has 1 aromatic carbocycles. The largest absolute Gasteiger partial charge is 0.506 e. The molecule has 0 aliphatic carbocycles. The van der Waals surface area contributed by atoms with E-state index in [4.69, 9.17) is 16.3 Å². The molecule has 1 fully saturated rings. The molecule has 1 amide bonds. The van der Waals surface area contributed by atoms with E-state index in [0.717, 1.165) is 6.42 Å². The summed E-state index contributed by atoms with van der Waals surface area (Å²) in [6, 6.07) is 4.61. The molecule has 0 radical (unpaired) electrons. The number of phenols is 1. The third-order valence-electron chi connectivity index (χ3n) is 2.51. The van der Waals surface area contributed by atoms with Gasteiger partial charge in [0.15, 0.2) is 0 Å². The highest BCUT2D eigenvalue weighted by molar-refractivity contribution is 6.32. The van der Waals surface area contributed by atoms with Crippen LogP contribution in [0.25, 0.3) is 0 Å². The van der Waals surface area contributed by atoms with Crippen molar-refractivity contribution in [2.45, 2.75) is 6.42 Å². The molecule has 16 heavy (non-hydrogen) atoms. The van der Waals surface area contributed by atoms with Crippen LogP contribution in [0.3, 0.4) is 0 Å². The minimum Gasteiger partial charge on any atom is -0.506 e. The van der Waals surface area contributed by atoms with Crippen LogP contribution in [0.15, 0.2) is 18.2 Å². The smallest absolute Gasteiger partial charge is 0.229 e. The summed E-state index contributed by atoms with van der Waals surface area (Å²) in [5.41, 5.74) is 0.541. The first-order chi connectivity index (χ1) is 7.66. The average Bonchev–Trinajstić information content (AvgIpc) is 2.77. The van der Waals surface area contributed by atoms with Gasteiger partial charge >= 0.3 is 0 Å². The zero-order chi connectivity index (χ0) is 11.5. The van der Waals surface area contributed by atoms with Crippen LogP contribution >= 0.6 is 11.6 Å². The number of hydrogen-bond donors (Lipinski definition) is 2. The number of nitrogens with one attached hydrogen (secondary N) is 1. The summed E-state index contributed by atoms with van der Waals surface area (Å²) in [5, 5.41) is 12.4. The van der Waals surface area contributed by atoms with Gasteiger partial charge in [0.2, 0.25) is 5.91 Å². The number of aromatic hydroxyl groups is 1. The second-order valence-corrected chi connectivity index (χ2v) is 4.12. The van der Waals surface area contributed by atoms with Crippen molar-refractivity contribution in [2.24, 2.45) is 5.92 Å². The van der Waals surface area contributed by atoms with E-state index in [1.807, 2.05) is 0 Å². The molecule has 5 heteroatoms. The van der Waals surface area contributed by atoms with Gasteiger partial charge in [0, 0.05) is 18.4 Å². The predicted octanol–water partition coefficient (Wildman–Crippen LogP) is 2.02. The number of benzene rings is 1. The van der Waals surface area contributed by atoms with Crippen LogP contribution in [0.4, 0.5) is 5.69 Å². The normalized spacial score (nSPS) is 19.7. The van der Waals surface area contributed by atoms with E-state index in [2.05, 4.69) is 5.32 Å². The van der Waals surface area contributed by atoms with Gasteiger partial charge in [-0.15, -0.1) is 0 Å². The minimum absolute atomic E-state index is 0.0397. The van der Waals surface area contributed by atoms with Gasteiger partial charge in [-0.2, -0.15) is 0 Å². The number of hydrogen-bond acceptors (Lipinski definition) is 3. The number of carbonyl (C=O) groups excluding carboxylic acids is 1. The van der Waals surface area contributed by atoms with Gasteiger partial charge in [0.05, 0.1) is 17.5 Å². The van der Waals surface area contributed by atoms with Gasteiger partial charge in [0.25, 0.3) is 0 Å². The first kappa shape index (κ1) is 11.2. The predicted molar refractivity (Wildman–Crippen MR) is 60.7 cm³/mol. The molecule has 1 heterocycles. The third-order valence-corrected chi connectivity index (χ3v) is 2.83. The molecule has 1 aromatic rings. The average molecular weight is 242 g/mol. The summed E-state index contributed by atoms with van der Waals surface area (Å²) in [5.74, 6) is -0.223. The van der Waals surface area contributed by atoms with Crippen LogP contribution in [-0.2, 0) is 9.53 Å². The fourth-order valence-corrected chi connectivity index (χ4v) is 1.69. The van der Waals surface area contributed by atoms with Gasteiger partial charge in [-0.3, -0.25) is 4.79 Å². The first-order valence-electron chi connectivity index (χ1n) is 5.04. The molecule has 1 aliphatic rings. The Hall–Kier alpha value is -1.26. The maximum Gasteiger partial charge on any atom is 0.229 e. The number of rotatable bonds is 2. The Morgan fingerprint density at radius 1 is 1.56 bits per heavy atom. The van der Waals surface area contributed by atoms with E-state index >= 15 is 0 Å². The van der Waals surface area contributed by atoms with Crippen molar-refractivity contribution in [3.8, 4) is 5.75 Å². The van der Waals surface area contributed by atoms with Gasteiger partial charge in [-0.1, -0.05) is 11.6 Å². The van der Waals surface area contributed by atoms with E-state index in [-0.39, 0.29) is 22.6 Å². The molecule has 0 spiro atoms. The van der Waals surface area contributed by atoms with Crippen LogP contribution in [0, 0.1) is 5.92 Å². The van der Waals surface area contributed by atoms with Crippen LogP contribution in [0.1, 0.15) is 6.42 Å². The molecule has 0 saturated carbocycles. The Labute approximate surface area is 98.2 Å². The molecule has 2 rings (SSSR count). The highest BCUT2D eigenvalue weighted by Gasteiger charge is 2.23. The van der Waals surface area contributed by atoms with Gasteiger partial charge in [0.1, 0.15) is 5.75 Å². The Balaban J connectivity index is 2.02. The first-order valence-corrected chi connectivity index (χ1v) is 5.42. The molecule has 0 bridgehead atoms. The molecule has 1 unspecified atom stereocenters. The van der Waals surface area contributed by atoms with E-state index in [9.17, 15) is 9.90 Å². The highest BCUT2D eigenvalue weighted by Crippen LogP contribution is 2.26. The number of anilines is 1. The second-order valence-electron chi connectivity index (χ2n) is 3.72. The summed E-state index contributed by atoms with van der Waals surface area (Å²) in [6.07, 6.45) is 0.741. The van der Waals surface area contributed by atoms with Crippen molar-refractivity contribution in [1.29, 1.82) is 0 Å². The lowest BCUT2D eigenvalue weighted by atomic mass is 10.1. The van der Waals surface area contributed by atoms with E-state index < -0.39 is 0 Å². The van der Waals surface area contributed by atoms with Crippen molar-refractivity contribution in [1.82, 2.24) is 0 Å². The monoisotopic (exact) mass is 241 g/mol. The molecule has 1 saturated heterocycles. The summed E-state index contributed by atoms with van der Waals surface area (Å²) in [7, 11) is 0. The maximum absolute atomic E-state index is 11.7. The lowest BCUT2D eigenvalue weighted by Crippen LogP contribution is -2.22. The Kier molecular flexibility index (Phi) is 3.31. The fourth-order valence-electron chi connectivity index (χ4n) is 1.58. The Morgan fingerprint density at radius 2 is 2.38 bits per heavy atom. The molecule has 1 aliphatic heterocycles. The molecule has 4 nitrogen and oxygen atoms in total. The van der Waals surface area contributed by atoms with Crippen LogP contribution in [-0.4, -0.2) is 24.2 Å². The van der Waals surface area contributed by atoms with Crippen LogP contribution in [0.5, 0.6) is 5.75 Å². The zero-order valence-corrected chi connectivity index (χ0v) is 9.33. The highest BCUT2D eigenvalue weighted by atomic mass is 35.5. The summed E-state index contributed by atoms with van der Waals surface area (Å²) >= 11 is 5.66. The zero-order valence-electron chi connectivity index (χ0n) is 8.57. The molecule has 1 atom stereocenters. The quantitative estimate of drug-likeness (QED) is 0.833. The number of amides is 1. The standard InChI is InChI=1S/C11H12ClNO3/c12-9-2-1-8(5-10(9)14)13-11(15)7-3-4-16-6-7/h1-2,5,7,14H,3-4,6H2,(H,13,15). The molecular formula is C11H12ClNO3. The Bertz CT molecular complexity index is 402. The van der Waals surface area contributed by atoms with Crippen LogP contribution < -0.4 is 5.32 Å². The summed E-state index contributed by atoms with van der Waals surface area (Å²) in [4.78, 5) is 11.7. The lowest BCUT2D eigenvalue weighted by molar-refractivity contribution is -0.119. The molecule has 86 valence electrons. The summed E-state index contributed by atoms with van der Waals surface area (Å²) in [6.45, 7) is 1.09. The van der Waals surface area contributed by atoms with E-state index in [1.165, 1.54) is 12.1 Å². The van der Waals surface area contributed by atoms with Crippen LogP contribution in [0.2, 0.25) is 5.02 Å². The number of carbonyl (C=O) groups is 1. The minimum atomic E-state index is -0.0992. The Morgan fingerprint density at radius 3 is 3.00 bits per heavy atom. The summed E-state index contributed by atoms with van der Waals surface area (Å²) < 4.78 is 5.13. The van der Waals surface area contributed by atoms with Crippen molar-refractivity contribution in [3.05, 3.63) is 23.2 Å². The van der Waals surface area contributed by atoms with Crippen molar-refractivity contribution in [2.75, 3.05) is 18.5 Å². The topological polar surface area (TPSA) is 58.6 Å². The maximum atomic E-state index is 11.7. The lowest BCUT2D eigenvalue weighted by Gasteiger charge is -2.09. The van der Waals surface area contributed by atoms with Gasteiger partial charge in [-0.25, -0.2) is 0 Å². The van der Waals surface area contributed by atoms with E-state index in [1.54, 1.807) is 6.07 Å². The van der Waals surface area contributed by atoms with Crippen molar-refractivity contribution >= 4 is 23.2 Å². The fraction of sp³-hybridized carbons (Fsp3) is 0.364. The molecular weight excluding hydrogens is 230 g/mol. The molecule has 2 N–H and O–H groups in total.